The third-order valence-corrected chi connectivity index (χ3v) is 3.66. The van der Waals surface area contributed by atoms with Crippen molar-refractivity contribution in [3.8, 4) is 0 Å². The molecule has 0 radical (unpaired) electrons. The van der Waals surface area contributed by atoms with Crippen molar-refractivity contribution >= 4 is 0 Å². The van der Waals surface area contributed by atoms with E-state index in [1.165, 1.54) is 32.1 Å². The third kappa shape index (κ3) is 7.38. The molecule has 0 fully saturated rings. The topological polar surface area (TPSA) is 18.5 Å². The molecule has 0 N–H and O–H groups in total. The Morgan fingerprint density at radius 3 is 1.67 bits per heavy atom. The Balaban J connectivity index is 4.26. The highest BCUT2D eigenvalue weighted by molar-refractivity contribution is 4.72. The van der Waals surface area contributed by atoms with Crippen molar-refractivity contribution in [2.75, 3.05) is 13.2 Å². The van der Waals surface area contributed by atoms with Crippen LogP contribution in [0, 0.1) is 5.92 Å². The lowest BCUT2D eigenvalue weighted by Gasteiger charge is -2.36. The summed E-state index contributed by atoms with van der Waals surface area (Å²) in [6.07, 6.45) is 8.27. The van der Waals surface area contributed by atoms with Crippen molar-refractivity contribution in [1.82, 2.24) is 0 Å². The number of ether oxygens (including phenoxy) is 2. The molecule has 0 aromatic carbocycles. The Morgan fingerprint density at radius 2 is 1.28 bits per heavy atom. The lowest BCUT2D eigenvalue weighted by Crippen LogP contribution is -2.40. The SMILES string of the molecule is CCCCOC(C)(OCCCC)C(C)CCCC. The van der Waals surface area contributed by atoms with E-state index in [4.69, 9.17) is 9.47 Å². The fourth-order valence-corrected chi connectivity index (χ4v) is 1.94. The summed E-state index contributed by atoms with van der Waals surface area (Å²) in [4.78, 5) is 0. The monoisotopic (exact) mass is 258 g/mol. The maximum Gasteiger partial charge on any atom is 0.167 e. The Morgan fingerprint density at radius 1 is 0.833 bits per heavy atom. The lowest BCUT2D eigenvalue weighted by atomic mass is 9.95. The average Bonchev–Trinajstić information content (AvgIpc) is 2.36. The van der Waals surface area contributed by atoms with E-state index in [1.807, 2.05) is 0 Å². The smallest absolute Gasteiger partial charge is 0.167 e. The van der Waals surface area contributed by atoms with Crippen molar-refractivity contribution in [2.45, 2.75) is 85.4 Å². The Hall–Kier alpha value is -0.0800. The standard InChI is InChI=1S/C16H34O2/c1-6-9-12-15(4)16(5,17-13-10-7-2)18-14-11-8-3/h15H,6-14H2,1-5H3. The average molecular weight is 258 g/mol. The second-order valence-corrected chi connectivity index (χ2v) is 5.46. The van der Waals surface area contributed by atoms with Crippen LogP contribution < -0.4 is 0 Å². The van der Waals surface area contributed by atoms with E-state index in [-0.39, 0.29) is 5.79 Å². The summed E-state index contributed by atoms with van der Waals surface area (Å²) in [7, 11) is 0. The summed E-state index contributed by atoms with van der Waals surface area (Å²) in [5.41, 5.74) is 0. The zero-order valence-corrected chi connectivity index (χ0v) is 13.3. The molecule has 18 heavy (non-hydrogen) atoms. The minimum atomic E-state index is -0.389. The first-order chi connectivity index (χ1) is 8.60. The number of unbranched alkanes of at least 4 members (excludes halogenated alkanes) is 3. The molecule has 2 heteroatoms. The van der Waals surface area contributed by atoms with Crippen LogP contribution in [0.4, 0.5) is 0 Å². The van der Waals surface area contributed by atoms with Crippen LogP contribution in [-0.2, 0) is 9.47 Å². The first-order valence-electron chi connectivity index (χ1n) is 7.88. The van der Waals surface area contributed by atoms with Crippen LogP contribution in [0.15, 0.2) is 0 Å². The molecule has 0 saturated carbocycles. The molecule has 0 rings (SSSR count). The summed E-state index contributed by atoms with van der Waals surface area (Å²) in [6, 6.07) is 0. The van der Waals surface area contributed by atoms with E-state index in [2.05, 4.69) is 34.6 Å². The molecule has 0 spiro atoms. The van der Waals surface area contributed by atoms with Gasteiger partial charge in [-0.25, -0.2) is 0 Å². The molecule has 0 aliphatic heterocycles. The summed E-state index contributed by atoms with van der Waals surface area (Å²) in [5.74, 6) is 0.0747. The summed E-state index contributed by atoms with van der Waals surface area (Å²) >= 11 is 0. The molecular weight excluding hydrogens is 224 g/mol. The van der Waals surface area contributed by atoms with Gasteiger partial charge in [0.05, 0.1) is 13.2 Å². The molecule has 0 aliphatic rings. The Bertz CT molecular complexity index is 170. The predicted octanol–water partition coefficient (Wildman–Crippen LogP) is 5.16. The van der Waals surface area contributed by atoms with E-state index in [0.717, 1.165) is 26.1 Å². The first kappa shape index (κ1) is 17.9. The van der Waals surface area contributed by atoms with Crippen LogP contribution in [0.3, 0.4) is 0 Å². The van der Waals surface area contributed by atoms with Crippen molar-refractivity contribution in [2.24, 2.45) is 5.92 Å². The van der Waals surface area contributed by atoms with Gasteiger partial charge in [-0.05, 0) is 26.2 Å². The third-order valence-electron chi connectivity index (χ3n) is 3.66. The number of hydrogen-bond acceptors (Lipinski definition) is 2. The van der Waals surface area contributed by atoms with Crippen LogP contribution in [0.2, 0.25) is 0 Å². The fraction of sp³-hybridized carbons (Fsp3) is 1.00. The second-order valence-electron chi connectivity index (χ2n) is 5.46. The molecule has 0 amide bonds. The molecular formula is C16H34O2. The van der Waals surface area contributed by atoms with Crippen molar-refractivity contribution < 1.29 is 9.47 Å². The van der Waals surface area contributed by atoms with Crippen LogP contribution >= 0.6 is 0 Å². The van der Waals surface area contributed by atoms with E-state index in [1.54, 1.807) is 0 Å². The molecule has 0 saturated heterocycles. The van der Waals surface area contributed by atoms with Gasteiger partial charge in [0.1, 0.15) is 0 Å². The molecule has 1 unspecified atom stereocenters. The van der Waals surface area contributed by atoms with Gasteiger partial charge in [-0.3, -0.25) is 0 Å². The largest absolute Gasteiger partial charge is 0.350 e. The molecule has 110 valence electrons. The number of hydrogen-bond donors (Lipinski definition) is 0. The molecule has 2 nitrogen and oxygen atoms in total. The van der Waals surface area contributed by atoms with Gasteiger partial charge in [0.2, 0.25) is 0 Å². The lowest BCUT2D eigenvalue weighted by molar-refractivity contribution is -0.255. The quantitative estimate of drug-likeness (QED) is 0.355. The van der Waals surface area contributed by atoms with E-state index < -0.39 is 0 Å². The Labute approximate surface area is 114 Å². The van der Waals surface area contributed by atoms with Gasteiger partial charge in [0.15, 0.2) is 5.79 Å². The predicted molar refractivity (Wildman–Crippen MR) is 78.8 cm³/mol. The van der Waals surface area contributed by atoms with Gasteiger partial charge in [-0.1, -0.05) is 53.4 Å². The Kier molecular flexibility index (Phi) is 10.8. The van der Waals surface area contributed by atoms with Gasteiger partial charge in [-0.15, -0.1) is 0 Å². The second kappa shape index (κ2) is 10.8. The minimum absolute atomic E-state index is 0.389. The summed E-state index contributed by atoms with van der Waals surface area (Å²) < 4.78 is 12.1. The highest BCUT2D eigenvalue weighted by Gasteiger charge is 2.32. The van der Waals surface area contributed by atoms with Gasteiger partial charge in [0.25, 0.3) is 0 Å². The van der Waals surface area contributed by atoms with Gasteiger partial charge in [-0.2, -0.15) is 0 Å². The fourth-order valence-electron chi connectivity index (χ4n) is 1.94. The van der Waals surface area contributed by atoms with E-state index in [0.29, 0.717) is 5.92 Å². The molecule has 0 aromatic heterocycles. The molecule has 0 bridgehead atoms. The van der Waals surface area contributed by atoms with Crippen LogP contribution in [0.25, 0.3) is 0 Å². The van der Waals surface area contributed by atoms with Gasteiger partial charge in [0, 0.05) is 5.92 Å². The zero-order valence-electron chi connectivity index (χ0n) is 13.3. The maximum absolute atomic E-state index is 6.05. The van der Waals surface area contributed by atoms with E-state index in [9.17, 15) is 0 Å². The van der Waals surface area contributed by atoms with Crippen molar-refractivity contribution in [3.63, 3.8) is 0 Å². The van der Waals surface area contributed by atoms with Gasteiger partial charge >= 0.3 is 0 Å². The van der Waals surface area contributed by atoms with Crippen LogP contribution in [-0.4, -0.2) is 19.0 Å². The highest BCUT2D eigenvalue weighted by atomic mass is 16.7. The summed E-state index contributed by atoms with van der Waals surface area (Å²) in [6.45, 7) is 12.6. The van der Waals surface area contributed by atoms with Crippen LogP contribution in [0.1, 0.15) is 79.6 Å². The van der Waals surface area contributed by atoms with E-state index >= 15 is 0 Å². The molecule has 0 aliphatic carbocycles. The molecule has 0 heterocycles. The normalized spacial score (nSPS) is 13.8. The number of rotatable bonds is 12. The van der Waals surface area contributed by atoms with Crippen molar-refractivity contribution in [1.29, 1.82) is 0 Å². The molecule has 1 atom stereocenters. The molecule has 0 aromatic rings. The van der Waals surface area contributed by atoms with Crippen LogP contribution in [0.5, 0.6) is 0 Å². The highest BCUT2D eigenvalue weighted by Crippen LogP contribution is 2.28. The van der Waals surface area contributed by atoms with Crippen molar-refractivity contribution in [3.05, 3.63) is 0 Å². The minimum Gasteiger partial charge on any atom is -0.350 e. The maximum atomic E-state index is 6.05. The van der Waals surface area contributed by atoms with Gasteiger partial charge < -0.3 is 9.47 Å². The summed E-state index contributed by atoms with van der Waals surface area (Å²) in [5, 5.41) is 0. The first-order valence-corrected chi connectivity index (χ1v) is 7.88. The zero-order chi connectivity index (χ0) is 13.9.